The zero-order valence-corrected chi connectivity index (χ0v) is 5.55. The van der Waals surface area contributed by atoms with Crippen LogP contribution in [0.4, 0.5) is 4.79 Å². The van der Waals surface area contributed by atoms with Gasteiger partial charge in [0.25, 0.3) is 0 Å². The van der Waals surface area contributed by atoms with E-state index < -0.39 is 6.09 Å². The molecule has 0 aliphatic rings. The summed E-state index contributed by atoms with van der Waals surface area (Å²) in [6.45, 7) is 2.14. The van der Waals surface area contributed by atoms with Gasteiger partial charge in [0.1, 0.15) is 0 Å². The van der Waals surface area contributed by atoms with Gasteiger partial charge in [-0.1, -0.05) is 0 Å². The fourth-order valence-electron chi connectivity index (χ4n) is 0.502. The van der Waals surface area contributed by atoms with E-state index in [0.29, 0.717) is 6.61 Å². The second kappa shape index (κ2) is 4.14. The predicted molar refractivity (Wildman–Crippen MR) is 32.5 cm³/mol. The van der Waals surface area contributed by atoms with Gasteiger partial charge in [0.15, 0.2) is 0 Å². The number of carbonyl (C=O) groups is 1. The monoisotopic (exact) mass is 133 g/mol. The van der Waals surface area contributed by atoms with Gasteiger partial charge >= 0.3 is 6.09 Å². The molecule has 0 aromatic rings. The highest BCUT2D eigenvalue weighted by molar-refractivity contribution is 5.64. The highest BCUT2D eigenvalue weighted by Crippen LogP contribution is 1.80. The Bertz CT molecular complexity index is 94.2. The number of hydrogen-bond donors (Lipinski definition) is 2. The molecule has 0 bridgehead atoms. The minimum absolute atomic E-state index is 0.132. The molecule has 0 aliphatic carbocycles. The van der Waals surface area contributed by atoms with Crippen molar-refractivity contribution in [3.63, 3.8) is 0 Å². The Kier molecular flexibility index (Phi) is 3.79. The molecule has 0 fully saturated rings. The molecule has 0 saturated heterocycles. The molecule has 0 aliphatic heterocycles. The van der Waals surface area contributed by atoms with Crippen molar-refractivity contribution in [2.45, 2.75) is 13.0 Å². The fraction of sp³-hybridized carbons (Fsp3) is 0.800. The maximum atomic E-state index is 9.92. The molecule has 0 aromatic heterocycles. The van der Waals surface area contributed by atoms with E-state index in [2.05, 4.69) is 10.1 Å². The predicted octanol–water partition coefficient (Wildman–Crippen LogP) is 0.289. The van der Waals surface area contributed by atoms with Gasteiger partial charge in [-0.2, -0.15) is 0 Å². The highest BCUT2D eigenvalue weighted by atomic mass is 16.5. The number of amides is 1. The first kappa shape index (κ1) is 8.23. The van der Waals surface area contributed by atoms with E-state index in [0.717, 1.165) is 0 Å². The van der Waals surface area contributed by atoms with Crippen LogP contribution in [-0.4, -0.2) is 31.0 Å². The van der Waals surface area contributed by atoms with E-state index in [1.165, 1.54) is 7.11 Å². The highest BCUT2D eigenvalue weighted by Gasteiger charge is 2.02. The van der Waals surface area contributed by atoms with Crippen molar-refractivity contribution in [2.24, 2.45) is 0 Å². The van der Waals surface area contributed by atoms with Gasteiger partial charge in [-0.3, -0.25) is 0 Å². The lowest BCUT2D eigenvalue weighted by Gasteiger charge is -2.08. The first-order valence-electron chi connectivity index (χ1n) is 2.65. The SMILES string of the molecule is COC[C@@H](C)NC(=O)O. The summed E-state index contributed by atoms with van der Waals surface area (Å²) in [7, 11) is 1.53. The lowest BCUT2D eigenvalue weighted by Crippen LogP contribution is -2.34. The summed E-state index contributed by atoms with van der Waals surface area (Å²) < 4.78 is 4.68. The lowest BCUT2D eigenvalue weighted by atomic mass is 10.4. The van der Waals surface area contributed by atoms with Gasteiger partial charge in [-0.15, -0.1) is 0 Å². The molecule has 0 heterocycles. The van der Waals surface area contributed by atoms with Gasteiger partial charge in [-0.05, 0) is 6.92 Å². The third kappa shape index (κ3) is 5.10. The van der Waals surface area contributed by atoms with Crippen LogP contribution in [0, 0.1) is 0 Å². The largest absolute Gasteiger partial charge is 0.465 e. The zero-order valence-electron chi connectivity index (χ0n) is 5.55. The average Bonchev–Trinajstić information content (AvgIpc) is 1.63. The van der Waals surface area contributed by atoms with E-state index in [9.17, 15) is 4.79 Å². The standard InChI is InChI=1S/C5H11NO3/c1-4(3-9-2)6-5(7)8/h4,6H,3H2,1-2H3,(H,7,8)/t4-/m1/s1. The molecule has 1 atom stereocenters. The first-order valence-corrected chi connectivity index (χ1v) is 2.65. The Morgan fingerprint density at radius 2 is 2.44 bits per heavy atom. The van der Waals surface area contributed by atoms with Crippen LogP contribution in [0.15, 0.2) is 0 Å². The molecule has 4 heteroatoms. The van der Waals surface area contributed by atoms with Crippen LogP contribution in [0.2, 0.25) is 0 Å². The zero-order chi connectivity index (χ0) is 7.28. The molecule has 0 radical (unpaired) electrons. The van der Waals surface area contributed by atoms with Crippen molar-refractivity contribution in [1.29, 1.82) is 0 Å². The first-order chi connectivity index (χ1) is 4.16. The Morgan fingerprint density at radius 3 is 2.78 bits per heavy atom. The van der Waals surface area contributed by atoms with Crippen LogP contribution in [-0.2, 0) is 4.74 Å². The van der Waals surface area contributed by atoms with Crippen molar-refractivity contribution >= 4 is 6.09 Å². The van der Waals surface area contributed by atoms with E-state index in [1.807, 2.05) is 0 Å². The van der Waals surface area contributed by atoms with Crippen LogP contribution in [0.25, 0.3) is 0 Å². The molecule has 0 unspecified atom stereocenters. The second-order valence-electron chi connectivity index (χ2n) is 1.81. The van der Waals surface area contributed by atoms with Gasteiger partial charge in [-0.25, -0.2) is 4.79 Å². The molecule has 1 amide bonds. The Labute approximate surface area is 53.8 Å². The van der Waals surface area contributed by atoms with Gasteiger partial charge in [0, 0.05) is 7.11 Å². The van der Waals surface area contributed by atoms with Gasteiger partial charge in [0.2, 0.25) is 0 Å². The fourth-order valence-corrected chi connectivity index (χ4v) is 0.502. The molecule has 0 aromatic carbocycles. The van der Waals surface area contributed by atoms with Crippen LogP contribution in [0.3, 0.4) is 0 Å². The van der Waals surface area contributed by atoms with E-state index in [4.69, 9.17) is 5.11 Å². The van der Waals surface area contributed by atoms with Crippen molar-refractivity contribution in [3.8, 4) is 0 Å². The summed E-state index contributed by atoms with van der Waals surface area (Å²) in [6.07, 6.45) is -1.01. The molecule has 0 spiro atoms. The van der Waals surface area contributed by atoms with E-state index in [1.54, 1.807) is 6.92 Å². The summed E-state index contributed by atoms with van der Waals surface area (Å²) in [4.78, 5) is 9.92. The number of hydrogen-bond acceptors (Lipinski definition) is 2. The number of ether oxygens (including phenoxy) is 1. The quantitative estimate of drug-likeness (QED) is 0.581. The van der Waals surface area contributed by atoms with Crippen LogP contribution < -0.4 is 5.32 Å². The molecular formula is C5H11NO3. The molecule has 2 N–H and O–H groups in total. The third-order valence-corrected chi connectivity index (χ3v) is 0.787. The number of carboxylic acid groups (broad SMARTS) is 1. The minimum atomic E-state index is -1.01. The lowest BCUT2D eigenvalue weighted by molar-refractivity contribution is 0.156. The smallest absolute Gasteiger partial charge is 0.404 e. The van der Waals surface area contributed by atoms with Crippen molar-refractivity contribution in [2.75, 3.05) is 13.7 Å². The summed E-state index contributed by atoms with van der Waals surface area (Å²) in [5.41, 5.74) is 0. The minimum Gasteiger partial charge on any atom is -0.465 e. The molecule has 0 saturated carbocycles. The van der Waals surface area contributed by atoms with Crippen LogP contribution in [0.1, 0.15) is 6.92 Å². The van der Waals surface area contributed by atoms with Crippen LogP contribution >= 0.6 is 0 Å². The number of methoxy groups -OCH3 is 1. The maximum Gasteiger partial charge on any atom is 0.404 e. The van der Waals surface area contributed by atoms with Crippen molar-refractivity contribution < 1.29 is 14.6 Å². The maximum absolute atomic E-state index is 9.92. The number of nitrogens with one attached hydrogen (secondary N) is 1. The molecule has 4 nitrogen and oxygen atoms in total. The van der Waals surface area contributed by atoms with Gasteiger partial charge in [0.05, 0.1) is 12.6 Å². The summed E-state index contributed by atoms with van der Waals surface area (Å²) in [5.74, 6) is 0. The summed E-state index contributed by atoms with van der Waals surface area (Å²) in [6, 6.07) is -0.132. The summed E-state index contributed by atoms with van der Waals surface area (Å²) >= 11 is 0. The topological polar surface area (TPSA) is 58.6 Å². The molecular weight excluding hydrogens is 122 g/mol. The molecule has 0 rings (SSSR count). The molecule has 54 valence electrons. The Balaban J connectivity index is 3.26. The van der Waals surface area contributed by atoms with Crippen LogP contribution in [0.5, 0.6) is 0 Å². The Morgan fingerprint density at radius 1 is 1.89 bits per heavy atom. The van der Waals surface area contributed by atoms with Gasteiger partial charge < -0.3 is 15.2 Å². The van der Waals surface area contributed by atoms with E-state index in [-0.39, 0.29) is 6.04 Å². The third-order valence-electron chi connectivity index (χ3n) is 0.787. The Hall–Kier alpha value is -0.770. The summed E-state index contributed by atoms with van der Waals surface area (Å²) in [5, 5.41) is 10.4. The van der Waals surface area contributed by atoms with Crippen molar-refractivity contribution in [3.05, 3.63) is 0 Å². The molecule has 9 heavy (non-hydrogen) atoms. The van der Waals surface area contributed by atoms with E-state index >= 15 is 0 Å². The van der Waals surface area contributed by atoms with Crippen molar-refractivity contribution in [1.82, 2.24) is 5.32 Å². The average molecular weight is 133 g/mol. The number of rotatable bonds is 3. The second-order valence-corrected chi connectivity index (χ2v) is 1.81. The normalized spacial score (nSPS) is 12.7.